The first kappa shape index (κ1) is 26.4. The molecule has 3 aromatic rings. The van der Waals surface area contributed by atoms with Crippen molar-refractivity contribution in [2.24, 2.45) is 0 Å². The number of carboxylic acids is 2. The van der Waals surface area contributed by atoms with E-state index in [0.29, 0.717) is 16.6 Å². The Bertz CT molecular complexity index is 1190. The van der Waals surface area contributed by atoms with Crippen LogP contribution >= 0.6 is 0 Å². The molecule has 0 aromatic carbocycles. The van der Waals surface area contributed by atoms with E-state index < -0.39 is 35.3 Å². The minimum absolute atomic E-state index is 0.140. The number of aliphatic carboxylic acids is 2. The first-order valence-corrected chi connectivity index (χ1v) is 9.31. The van der Waals surface area contributed by atoms with E-state index in [-0.39, 0.29) is 18.2 Å². The van der Waals surface area contributed by atoms with Gasteiger partial charge in [0.25, 0.3) is 0 Å². The average Bonchev–Trinajstić information content (AvgIpc) is 3.10. The van der Waals surface area contributed by atoms with Crippen LogP contribution in [0.4, 0.5) is 27.8 Å². The van der Waals surface area contributed by atoms with Gasteiger partial charge in [-0.1, -0.05) is 0 Å². The molecule has 0 aliphatic carbocycles. The number of nitrogens with one attached hydrogen (secondary N) is 2. The molecular formula is C19H19F5N6O4. The summed E-state index contributed by atoms with van der Waals surface area (Å²) in [7, 11) is 0. The van der Waals surface area contributed by atoms with E-state index >= 15 is 0 Å². The molecule has 34 heavy (non-hydrogen) atoms. The maximum Gasteiger partial charge on any atom is 0.490 e. The number of rotatable bonds is 5. The molecule has 3 heterocycles. The predicted octanol–water partition coefficient (Wildman–Crippen LogP) is 3.44. The van der Waals surface area contributed by atoms with Crippen LogP contribution < -0.4 is 5.43 Å². The number of hydrazine groups is 1. The summed E-state index contributed by atoms with van der Waals surface area (Å²) in [6.45, 7) is 4.95. The number of pyridine rings is 1. The first-order valence-electron chi connectivity index (χ1n) is 9.31. The lowest BCUT2D eigenvalue weighted by atomic mass is 10.1. The summed E-state index contributed by atoms with van der Waals surface area (Å²) in [6, 6.07) is 1.28. The van der Waals surface area contributed by atoms with Crippen molar-refractivity contribution in [1.82, 2.24) is 24.9 Å². The summed E-state index contributed by atoms with van der Waals surface area (Å²) in [5.41, 5.74) is 2.97. The molecule has 0 atom stereocenters. The van der Waals surface area contributed by atoms with Gasteiger partial charge < -0.3 is 15.2 Å². The number of fused-ring (bicyclic) bond motifs is 1. The zero-order valence-electron chi connectivity index (χ0n) is 17.9. The van der Waals surface area contributed by atoms with Gasteiger partial charge in [-0.3, -0.25) is 10.2 Å². The van der Waals surface area contributed by atoms with Crippen LogP contribution in [0.1, 0.15) is 20.8 Å². The minimum atomic E-state index is -5.08. The summed E-state index contributed by atoms with van der Waals surface area (Å²) in [5, 5.41) is 18.0. The van der Waals surface area contributed by atoms with Gasteiger partial charge in [-0.25, -0.2) is 33.5 Å². The molecule has 15 heteroatoms. The molecule has 3 rings (SSSR count). The Morgan fingerprint density at radius 3 is 2.26 bits per heavy atom. The number of aromatic nitrogens is 4. The number of hydrogen-bond acceptors (Lipinski definition) is 7. The van der Waals surface area contributed by atoms with Gasteiger partial charge in [-0.15, -0.1) is 0 Å². The molecule has 184 valence electrons. The Hall–Kier alpha value is -3.88. The molecule has 0 spiro atoms. The number of hydrogen-bond donors (Lipinski definition) is 4. The van der Waals surface area contributed by atoms with E-state index in [4.69, 9.17) is 15.0 Å². The van der Waals surface area contributed by atoms with Crippen LogP contribution in [0.3, 0.4) is 0 Å². The van der Waals surface area contributed by atoms with E-state index in [0.717, 1.165) is 12.4 Å². The fourth-order valence-electron chi connectivity index (χ4n) is 2.45. The van der Waals surface area contributed by atoms with Crippen LogP contribution in [0.15, 0.2) is 24.7 Å². The molecule has 0 bridgehead atoms. The van der Waals surface area contributed by atoms with E-state index in [1.54, 1.807) is 27.0 Å². The lowest BCUT2D eigenvalue weighted by Crippen LogP contribution is -2.48. The normalized spacial score (nSPS) is 11.8. The second-order valence-electron chi connectivity index (χ2n) is 7.71. The molecular weight excluding hydrogens is 471 g/mol. The topological polar surface area (TPSA) is 144 Å². The number of nitrogens with zero attached hydrogens (tertiary/aromatic N) is 4. The number of halogens is 5. The highest BCUT2D eigenvalue weighted by atomic mass is 19.4. The molecule has 3 aromatic heterocycles. The number of aromatic amines is 1. The van der Waals surface area contributed by atoms with Crippen molar-refractivity contribution < 1.29 is 41.8 Å². The monoisotopic (exact) mass is 490 g/mol. The maximum atomic E-state index is 14.2. The standard InChI is InChI=1S/C17H18F2N6O2.C2HF3O2/c1-17(2,3)25(8-13(26)27)24-16-12(19)7-22-15(23-16)11-6-21-14-10(11)4-9(18)5-20-14;3-2(4,5)1(6)7/h4-7H,8H2,1-3H3,(H,20,21)(H,26,27)(H,22,23,24);(H,6,7). The number of H-pyrrole nitrogens is 1. The smallest absolute Gasteiger partial charge is 0.480 e. The van der Waals surface area contributed by atoms with Crippen LogP contribution in [-0.2, 0) is 9.59 Å². The molecule has 0 aliphatic heterocycles. The Morgan fingerprint density at radius 1 is 1.12 bits per heavy atom. The van der Waals surface area contributed by atoms with Crippen LogP contribution in [-0.4, -0.2) is 65.4 Å². The van der Waals surface area contributed by atoms with Gasteiger partial charge in [0.05, 0.1) is 12.4 Å². The Morgan fingerprint density at radius 2 is 1.74 bits per heavy atom. The largest absolute Gasteiger partial charge is 0.490 e. The van der Waals surface area contributed by atoms with Crippen LogP contribution in [0.5, 0.6) is 0 Å². The molecule has 0 radical (unpaired) electrons. The van der Waals surface area contributed by atoms with Gasteiger partial charge in [0, 0.05) is 22.7 Å². The minimum Gasteiger partial charge on any atom is -0.480 e. The predicted molar refractivity (Wildman–Crippen MR) is 108 cm³/mol. The van der Waals surface area contributed by atoms with Crippen molar-refractivity contribution in [1.29, 1.82) is 0 Å². The lowest BCUT2D eigenvalue weighted by Gasteiger charge is -2.34. The zero-order valence-corrected chi connectivity index (χ0v) is 17.9. The third kappa shape index (κ3) is 6.81. The van der Waals surface area contributed by atoms with E-state index in [1.165, 1.54) is 11.1 Å². The average molecular weight is 490 g/mol. The highest BCUT2D eigenvalue weighted by Crippen LogP contribution is 2.27. The van der Waals surface area contributed by atoms with Gasteiger partial charge in [-0.05, 0) is 26.8 Å². The number of carboxylic acid groups (broad SMARTS) is 2. The van der Waals surface area contributed by atoms with Gasteiger partial charge in [0.2, 0.25) is 0 Å². The highest BCUT2D eigenvalue weighted by molar-refractivity contribution is 5.91. The molecule has 0 saturated heterocycles. The maximum absolute atomic E-state index is 14.2. The Balaban J connectivity index is 0.000000509. The molecule has 0 saturated carbocycles. The van der Waals surface area contributed by atoms with Crippen LogP contribution in [0.25, 0.3) is 22.4 Å². The van der Waals surface area contributed by atoms with Crippen molar-refractivity contribution in [3.05, 3.63) is 36.3 Å². The van der Waals surface area contributed by atoms with Crippen LogP contribution in [0, 0.1) is 11.6 Å². The second kappa shape index (κ2) is 9.94. The summed E-state index contributed by atoms with van der Waals surface area (Å²) < 4.78 is 59.5. The first-order chi connectivity index (χ1) is 15.6. The summed E-state index contributed by atoms with van der Waals surface area (Å²) in [6.07, 6.45) is -1.49. The van der Waals surface area contributed by atoms with Crippen molar-refractivity contribution in [2.75, 3.05) is 12.0 Å². The van der Waals surface area contributed by atoms with Crippen molar-refractivity contribution in [3.63, 3.8) is 0 Å². The SMILES string of the molecule is CC(C)(C)N(CC(=O)O)Nc1nc(-c2c[nH]c3ncc(F)cc23)ncc1F.O=C(O)C(F)(F)F. The quantitative estimate of drug-likeness (QED) is 0.312. The number of alkyl halides is 3. The van der Waals surface area contributed by atoms with Crippen LogP contribution in [0.2, 0.25) is 0 Å². The molecule has 0 unspecified atom stereocenters. The molecule has 0 amide bonds. The zero-order chi connectivity index (χ0) is 25.8. The fourth-order valence-corrected chi connectivity index (χ4v) is 2.45. The third-order valence-electron chi connectivity index (χ3n) is 4.07. The molecule has 4 N–H and O–H groups in total. The van der Waals surface area contributed by atoms with Crippen molar-refractivity contribution in [2.45, 2.75) is 32.5 Å². The van der Waals surface area contributed by atoms with Gasteiger partial charge in [0.15, 0.2) is 17.5 Å². The Labute approximate surface area is 188 Å². The summed E-state index contributed by atoms with van der Waals surface area (Å²) >= 11 is 0. The highest BCUT2D eigenvalue weighted by Gasteiger charge is 2.38. The molecule has 10 nitrogen and oxygen atoms in total. The number of carbonyl (C=O) groups is 2. The van der Waals surface area contributed by atoms with Crippen molar-refractivity contribution >= 4 is 28.8 Å². The number of anilines is 1. The second-order valence-corrected chi connectivity index (χ2v) is 7.71. The molecule has 0 aliphatic rings. The third-order valence-corrected chi connectivity index (χ3v) is 4.07. The van der Waals surface area contributed by atoms with E-state index in [9.17, 15) is 26.7 Å². The van der Waals surface area contributed by atoms with E-state index in [2.05, 4.69) is 25.4 Å². The lowest BCUT2D eigenvalue weighted by molar-refractivity contribution is -0.192. The Kier molecular flexibility index (Phi) is 7.71. The van der Waals surface area contributed by atoms with Gasteiger partial charge >= 0.3 is 18.1 Å². The summed E-state index contributed by atoms with van der Waals surface area (Å²) in [4.78, 5) is 34.9. The van der Waals surface area contributed by atoms with E-state index in [1.807, 2.05) is 0 Å². The van der Waals surface area contributed by atoms with Gasteiger partial charge in [0.1, 0.15) is 18.0 Å². The van der Waals surface area contributed by atoms with Gasteiger partial charge in [-0.2, -0.15) is 13.2 Å². The fraction of sp³-hybridized carbons (Fsp3) is 0.316. The summed E-state index contributed by atoms with van der Waals surface area (Å²) in [5.74, 6) is -5.15. The molecule has 0 fully saturated rings. The van der Waals surface area contributed by atoms with Crippen molar-refractivity contribution in [3.8, 4) is 11.4 Å².